The Morgan fingerprint density at radius 1 is 0.788 bits per heavy atom. The van der Waals surface area contributed by atoms with Crippen molar-refractivity contribution in [1.29, 1.82) is 0 Å². The normalized spacial score (nSPS) is 10.5. The third kappa shape index (κ3) is 4.67. The highest BCUT2D eigenvalue weighted by atomic mass is 16.5. The van der Waals surface area contributed by atoms with E-state index in [2.05, 4.69) is 5.32 Å². The lowest BCUT2D eigenvalue weighted by Gasteiger charge is -2.16. The van der Waals surface area contributed by atoms with Crippen LogP contribution >= 0.6 is 0 Å². The Morgan fingerprint density at radius 3 is 2.24 bits per heavy atom. The summed E-state index contributed by atoms with van der Waals surface area (Å²) in [6, 6.07) is 25.2. The fourth-order valence-electron chi connectivity index (χ4n) is 3.57. The number of fused-ring (bicyclic) bond motifs is 1. The van der Waals surface area contributed by atoms with E-state index in [-0.39, 0.29) is 11.3 Å². The molecule has 1 amide bonds. The number of carboxylic acid groups (broad SMARTS) is 2. The minimum Gasteiger partial charge on any atom is -0.489 e. The standard InChI is InChI=1S/C26H19NO6/c28-24(26(31)32)27-23-20(10-5-11-21(23)25(29)30)19-9-4-8-17-12-13-18(14-22(17)19)33-15-16-6-2-1-3-7-16/h1-14H,15H2,(H,27,28)(H,29,30)(H,31,32). The first-order valence-electron chi connectivity index (χ1n) is 10.0. The fraction of sp³-hybridized carbons (Fsp3) is 0.0385. The van der Waals surface area contributed by atoms with Crippen molar-refractivity contribution in [1.82, 2.24) is 0 Å². The van der Waals surface area contributed by atoms with E-state index in [1.165, 1.54) is 6.07 Å². The van der Waals surface area contributed by atoms with Gasteiger partial charge in [0.25, 0.3) is 0 Å². The summed E-state index contributed by atoms with van der Waals surface area (Å²) in [4.78, 5) is 34.8. The Morgan fingerprint density at radius 2 is 1.52 bits per heavy atom. The van der Waals surface area contributed by atoms with Gasteiger partial charge in [0.1, 0.15) is 12.4 Å². The van der Waals surface area contributed by atoms with Crippen LogP contribution in [-0.4, -0.2) is 28.1 Å². The largest absolute Gasteiger partial charge is 0.489 e. The number of aromatic carboxylic acids is 1. The zero-order valence-electron chi connectivity index (χ0n) is 17.3. The van der Waals surface area contributed by atoms with Gasteiger partial charge >= 0.3 is 17.8 Å². The molecule has 7 nitrogen and oxygen atoms in total. The van der Waals surface area contributed by atoms with Gasteiger partial charge in [0.15, 0.2) is 0 Å². The smallest absolute Gasteiger partial charge is 0.394 e. The van der Waals surface area contributed by atoms with Gasteiger partial charge in [-0.3, -0.25) is 4.79 Å². The van der Waals surface area contributed by atoms with Gasteiger partial charge < -0.3 is 20.3 Å². The van der Waals surface area contributed by atoms with Crippen LogP contribution in [0.15, 0.2) is 84.9 Å². The first-order valence-corrected chi connectivity index (χ1v) is 10.0. The number of benzene rings is 4. The van der Waals surface area contributed by atoms with Crippen molar-refractivity contribution in [3.8, 4) is 16.9 Å². The monoisotopic (exact) mass is 441 g/mol. The van der Waals surface area contributed by atoms with Crippen LogP contribution in [0.5, 0.6) is 5.75 Å². The van der Waals surface area contributed by atoms with Crippen molar-refractivity contribution in [2.45, 2.75) is 6.61 Å². The Labute approximate surface area is 188 Å². The molecular formula is C26H19NO6. The number of aliphatic carboxylic acids is 1. The van der Waals surface area contributed by atoms with Crippen LogP contribution < -0.4 is 10.1 Å². The average molecular weight is 441 g/mol. The first kappa shape index (κ1) is 21.6. The van der Waals surface area contributed by atoms with Gasteiger partial charge in [0.05, 0.1) is 11.3 Å². The van der Waals surface area contributed by atoms with E-state index in [1.807, 2.05) is 54.6 Å². The van der Waals surface area contributed by atoms with Gasteiger partial charge in [0, 0.05) is 5.56 Å². The minimum absolute atomic E-state index is 0.0829. The van der Waals surface area contributed by atoms with Crippen LogP contribution in [0.1, 0.15) is 15.9 Å². The number of ether oxygens (including phenoxy) is 1. The topological polar surface area (TPSA) is 113 Å². The molecule has 33 heavy (non-hydrogen) atoms. The highest BCUT2D eigenvalue weighted by Crippen LogP contribution is 2.37. The van der Waals surface area contributed by atoms with Gasteiger partial charge in [-0.25, -0.2) is 9.59 Å². The van der Waals surface area contributed by atoms with Crippen LogP contribution in [0.3, 0.4) is 0 Å². The number of rotatable bonds is 6. The summed E-state index contributed by atoms with van der Waals surface area (Å²) in [5.41, 5.74) is 1.73. The summed E-state index contributed by atoms with van der Waals surface area (Å²) in [6.07, 6.45) is 0. The molecule has 164 valence electrons. The summed E-state index contributed by atoms with van der Waals surface area (Å²) in [6.45, 7) is 0.378. The molecule has 0 aliphatic carbocycles. The van der Waals surface area contributed by atoms with Crippen molar-refractivity contribution in [3.05, 3.63) is 96.1 Å². The van der Waals surface area contributed by atoms with Gasteiger partial charge in [-0.05, 0) is 40.1 Å². The molecule has 0 fully saturated rings. The second-order valence-corrected chi connectivity index (χ2v) is 7.26. The summed E-state index contributed by atoms with van der Waals surface area (Å²) < 4.78 is 5.94. The molecule has 0 aliphatic rings. The molecule has 0 heterocycles. The number of carbonyl (C=O) groups excluding carboxylic acids is 1. The van der Waals surface area contributed by atoms with E-state index in [9.17, 15) is 19.5 Å². The van der Waals surface area contributed by atoms with Gasteiger partial charge in [-0.2, -0.15) is 0 Å². The number of carboxylic acids is 2. The molecule has 0 unspecified atom stereocenters. The molecule has 0 bridgehead atoms. The molecule has 3 N–H and O–H groups in total. The maximum Gasteiger partial charge on any atom is 0.394 e. The molecule has 0 radical (unpaired) electrons. The number of nitrogens with one attached hydrogen (secondary N) is 1. The van der Waals surface area contributed by atoms with Crippen LogP contribution in [0.2, 0.25) is 0 Å². The highest BCUT2D eigenvalue weighted by molar-refractivity contribution is 6.37. The summed E-state index contributed by atoms with van der Waals surface area (Å²) >= 11 is 0. The molecule has 0 saturated heterocycles. The molecule has 4 aromatic rings. The van der Waals surface area contributed by atoms with Crippen LogP contribution in [-0.2, 0) is 16.2 Å². The van der Waals surface area contributed by atoms with Crippen LogP contribution in [0, 0.1) is 0 Å². The van der Waals surface area contributed by atoms with Crippen LogP contribution in [0.4, 0.5) is 5.69 Å². The molecule has 4 rings (SSSR count). The van der Waals surface area contributed by atoms with E-state index in [4.69, 9.17) is 9.84 Å². The van der Waals surface area contributed by atoms with Gasteiger partial charge in [-0.1, -0.05) is 66.7 Å². The third-order valence-electron chi connectivity index (χ3n) is 5.12. The lowest BCUT2D eigenvalue weighted by atomic mass is 9.94. The van der Waals surface area contributed by atoms with Crippen molar-refractivity contribution >= 4 is 34.3 Å². The van der Waals surface area contributed by atoms with E-state index in [1.54, 1.807) is 24.3 Å². The van der Waals surface area contributed by atoms with E-state index < -0.39 is 17.8 Å². The second-order valence-electron chi connectivity index (χ2n) is 7.26. The molecule has 4 aromatic carbocycles. The SMILES string of the molecule is O=C(O)C(=O)Nc1c(C(=O)O)cccc1-c1cccc2ccc(OCc3ccccc3)cc12. The number of para-hydroxylation sites is 1. The number of anilines is 1. The molecule has 0 aromatic heterocycles. The predicted octanol–water partition coefficient (Wildman–Crippen LogP) is 4.81. The third-order valence-corrected chi connectivity index (χ3v) is 5.12. The fourth-order valence-corrected chi connectivity index (χ4v) is 3.57. The average Bonchev–Trinajstić information content (AvgIpc) is 2.83. The maximum absolute atomic E-state index is 11.9. The lowest BCUT2D eigenvalue weighted by Crippen LogP contribution is -2.23. The number of amides is 1. The van der Waals surface area contributed by atoms with Crippen molar-refractivity contribution in [2.75, 3.05) is 5.32 Å². The van der Waals surface area contributed by atoms with Crippen molar-refractivity contribution < 1.29 is 29.3 Å². The summed E-state index contributed by atoms with van der Waals surface area (Å²) in [7, 11) is 0. The van der Waals surface area contributed by atoms with E-state index in [0.717, 1.165) is 16.3 Å². The zero-order valence-corrected chi connectivity index (χ0v) is 17.3. The Bertz CT molecular complexity index is 1360. The predicted molar refractivity (Wildman–Crippen MR) is 123 cm³/mol. The minimum atomic E-state index is -1.71. The molecule has 0 aliphatic heterocycles. The molecule has 7 heteroatoms. The molecule has 0 spiro atoms. The highest BCUT2D eigenvalue weighted by Gasteiger charge is 2.21. The summed E-state index contributed by atoms with van der Waals surface area (Å²) in [5, 5.41) is 22.5. The lowest BCUT2D eigenvalue weighted by molar-refractivity contribution is -0.147. The van der Waals surface area contributed by atoms with Gasteiger partial charge in [-0.15, -0.1) is 0 Å². The number of hydrogen-bond donors (Lipinski definition) is 3. The maximum atomic E-state index is 11.9. The van der Waals surface area contributed by atoms with Gasteiger partial charge in [0.2, 0.25) is 0 Å². The Balaban J connectivity index is 1.80. The number of hydrogen-bond acceptors (Lipinski definition) is 4. The zero-order chi connectivity index (χ0) is 23.4. The van der Waals surface area contributed by atoms with E-state index in [0.29, 0.717) is 23.5 Å². The molecule has 0 saturated carbocycles. The summed E-state index contributed by atoms with van der Waals surface area (Å²) in [5.74, 6) is -3.71. The van der Waals surface area contributed by atoms with Crippen molar-refractivity contribution in [3.63, 3.8) is 0 Å². The Hall–Kier alpha value is -4.65. The number of carbonyl (C=O) groups is 3. The quantitative estimate of drug-likeness (QED) is 0.370. The second kappa shape index (κ2) is 9.23. The molecular weight excluding hydrogens is 422 g/mol. The van der Waals surface area contributed by atoms with Crippen molar-refractivity contribution in [2.24, 2.45) is 0 Å². The first-order chi connectivity index (χ1) is 15.9. The molecule has 0 atom stereocenters. The van der Waals surface area contributed by atoms with E-state index >= 15 is 0 Å². The van der Waals surface area contributed by atoms with Crippen LogP contribution in [0.25, 0.3) is 21.9 Å². The Kier molecular flexibility index (Phi) is 6.04.